The number of carbonyl (C=O) groups excluding carboxylic acids is 1. The molecule has 1 heterocycles. The van der Waals surface area contributed by atoms with Crippen molar-refractivity contribution in [3.8, 4) is 0 Å². The first-order valence-corrected chi connectivity index (χ1v) is 9.05. The Morgan fingerprint density at radius 1 is 1.00 bits per heavy atom. The van der Waals surface area contributed by atoms with Crippen LogP contribution in [-0.4, -0.2) is 11.6 Å². The van der Waals surface area contributed by atoms with Crippen molar-refractivity contribution in [1.82, 2.24) is 0 Å². The first-order valence-electron chi connectivity index (χ1n) is 8.67. The van der Waals surface area contributed by atoms with Gasteiger partial charge in [-0.3, -0.25) is 0 Å². The fraction of sp³-hybridized carbons (Fsp3) is 0.318. The molecule has 0 aromatic heterocycles. The van der Waals surface area contributed by atoms with Gasteiger partial charge in [0, 0.05) is 5.02 Å². The van der Waals surface area contributed by atoms with Gasteiger partial charge in [-0.25, -0.2) is 4.79 Å². The summed E-state index contributed by atoms with van der Waals surface area (Å²) >= 11 is 6.05. The number of halogens is 1. The Kier molecular flexibility index (Phi) is 5.10. The molecular formula is C22H23ClO3. The fourth-order valence-corrected chi connectivity index (χ4v) is 3.34. The molecule has 0 amide bonds. The molecule has 2 aromatic carbocycles. The molecule has 0 fully saturated rings. The average Bonchev–Trinajstić information content (AvgIpc) is 2.92. The van der Waals surface area contributed by atoms with Crippen molar-refractivity contribution in [3.05, 3.63) is 82.1 Å². The number of hydrogen-bond donors (Lipinski definition) is 0. The quantitative estimate of drug-likeness (QED) is 0.639. The van der Waals surface area contributed by atoms with Gasteiger partial charge in [-0.1, -0.05) is 54.1 Å². The van der Waals surface area contributed by atoms with E-state index in [1.165, 1.54) is 0 Å². The number of allylic oxidation sites excluding steroid dienone is 1. The average molecular weight is 371 g/mol. The van der Waals surface area contributed by atoms with Crippen LogP contribution in [0.15, 0.2) is 65.9 Å². The maximum Gasteiger partial charge on any atom is 0.338 e. The number of ether oxygens (including phenoxy) is 2. The minimum Gasteiger partial charge on any atom is -0.489 e. The molecule has 4 heteroatoms. The van der Waals surface area contributed by atoms with E-state index in [1.807, 2.05) is 82.3 Å². The molecule has 1 aliphatic rings. The molecule has 136 valence electrons. The van der Waals surface area contributed by atoms with Gasteiger partial charge < -0.3 is 9.47 Å². The van der Waals surface area contributed by atoms with E-state index in [-0.39, 0.29) is 18.0 Å². The summed E-state index contributed by atoms with van der Waals surface area (Å²) in [6.07, 6.45) is -0.278. The van der Waals surface area contributed by atoms with E-state index in [1.54, 1.807) is 0 Å². The molecule has 0 unspecified atom stereocenters. The highest BCUT2D eigenvalue weighted by Gasteiger charge is 2.42. The zero-order valence-corrected chi connectivity index (χ0v) is 16.2. The summed E-state index contributed by atoms with van der Waals surface area (Å²) in [5.41, 5.74) is 1.99. The molecule has 0 radical (unpaired) electrons. The first-order chi connectivity index (χ1) is 12.3. The second-order valence-corrected chi connectivity index (χ2v) is 7.89. The van der Waals surface area contributed by atoms with Crippen molar-refractivity contribution in [1.29, 1.82) is 0 Å². The van der Waals surface area contributed by atoms with Crippen molar-refractivity contribution in [3.63, 3.8) is 0 Å². The normalized spacial score (nSPS) is 20.0. The Morgan fingerprint density at radius 3 is 2.19 bits per heavy atom. The second kappa shape index (κ2) is 7.16. The van der Waals surface area contributed by atoms with Crippen LogP contribution in [0.1, 0.15) is 50.8 Å². The number of benzene rings is 2. The lowest BCUT2D eigenvalue weighted by atomic mass is 9.84. The monoisotopic (exact) mass is 370 g/mol. The fourth-order valence-electron chi connectivity index (χ4n) is 3.21. The number of carbonyl (C=O) groups is 1. The van der Waals surface area contributed by atoms with Gasteiger partial charge in [0.15, 0.2) is 0 Å². The summed E-state index contributed by atoms with van der Waals surface area (Å²) in [7, 11) is 0. The Balaban J connectivity index is 2.05. The molecule has 0 saturated heterocycles. The van der Waals surface area contributed by atoms with Gasteiger partial charge in [0.25, 0.3) is 0 Å². The van der Waals surface area contributed by atoms with E-state index in [0.29, 0.717) is 16.4 Å². The molecule has 0 spiro atoms. The Labute approximate surface area is 159 Å². The molecule has 0 saturated carbocycles. The third-order valence-electron chi connectivity index (χ3n) is 4.27. The zero-order chi connectivity index (χ0) is 18.9. The second-order valence-electron chi connectivity index (χ2n) is 7.45. The topological polar surface area (TPSA) is 35.5 Å². The van der Waals surface area contributed by atoms with Crippen LogP contribution >= 0.6 is 11.6 Å². The minimum absolute atomic E-state index is 0.246. The maximum absolute atomic E-state index is 12.9. The van der Waals surface area contributed by atoms with E-state index in [2.05, 4.69) is 0 Å². The highest BCUT2D eigenvalue weighted by Crippen LogP contribution is 2.48. The van der Waals surface area contributed by atoms with Crippen molar-refractivity contribution >= 4 is 17.6 Å². The zero-order valence-electron chi connectivity index (χ0n) is 15.5. The first kappa shape index (κ1) is 18.5. The molecule has 0 N–H and O–H groups in total. The summed E-state index contributed by atoms with van der Waals surface area (Å²) < 4.78 is 11.8. The van der Waals surface area contributed by atoms with Crippen LogP contribution in [0.4, 0.5) is 0 Å². The molecule has 3 nitrogen and oxygen atoms in total. The van der Waals surface area contributed by atoms with Gasteiger partial charge in [-0.15, -0.1) is 0 Å². The number of esters is 1. The summed E-state index contributed by atoms with van der Waals surface area (Å²) in [5, 5.41) is 0.656. The van der Waals surface area contributed by atoms with Gasteiger partial charge in [-0.2, -0.15) is 0 Å². The summed E-state index contributed by atoms with van der Waals surface area (Å²) in [6.45, 7) is 7.42. The van der Waals surface area contributed by atoms with E-state index in [4.69, 9.17) is 21.1 Å². The predicted molar refractivity (Wildman–Crippen MR) is 103 cm³/mol. The van der Waals surface area contributed by atoms with Crippen molar-refractivity contribution in [2.75, 3.05) is 0 Å². The molecule has 3 rings (SSSR count). The summed E-state index contributed by atoms with van der Waals surface area (Å²) in [5.74, 6) is 0.0194. The summed E-state index contributed by atoms with van der Waals surface area (Å²) in [4.78, 5) is 12.9. The van der Waals surface area contributed by atoms with Gasteiger partial charge in [-0.05, 0) is 51.0 Å². The highest BCUT2D eigenvalue weighted by atomic mass is 35.5. The third-order valence-corrected chi connectivity index (χ3v) is 4.52. The van der Waals surface area contributed by atoms with Crippen LogP contribution in [0.5, 0.6) is 0 Å². The van der Waals surface area contributed by atoms with Gasteiger partial charge in [0.05, 0.1) is 11.5 Å². The number of hydrogen-bond acceptors (Lipinski definition) is 3. The van der Waals surface area contributed by atoms with Gasteiger partial charge in [0.2, 0.25) is 0 Å². The third kappa shape index (κ3) is 3.94. The lowest BCUT2D eigenvalue weighted by Crippen LogP contribution is -2.27. The Bertz CT molecular complexity index is 817. The van der Waals surface area contributed by atoms with E-state index < -0.39 is 5.60 Å². The maximum atomic E-state index is 12.9. The van der Waals surface area contributed by atoms with Crippen molar-refractivity contribution in [2.24, 2.45) is 0 Å². The van der Waals surface area contributed by atoms with Crippen LogP contribution < -0.4 is 0 Å². The molecule has 0 aliphatic carbocycles. The molecule has 1 aliphatic heterocycles. The van der Waals surface area contributed by atoms with Gasteiger partial charge in [0.1, 0.15) is 17.5 Å². The molecule has 26 heavy (non-hydrogen) atoms. The molecule has 2 atom stereocenters. The standard InChI is InChI=1S/C22H23ClO3/c1-14-18(21(24)26-22(2,3)4)19(15-10-12-17(23)13-11-15)20(25-14)16-8-6-5-7-9-16/h5-13,19-20H,1-4H3/t19-,20+/m1/s1. The smallest absolute Gasteiger partial charge is 0.338 e. The Hall–Kier alpha value is -2.26. The summed E-state index contributed by atoms with van der Waals surface area (Å²) in [6, 6.07) is 17.5. The van der Waals surface area contributed by atoms with E-state index in [9.17, 15) is 4.79 Å². The minimum atomic E-state index is -0.570. The van der Waals surface area contributed by atoms with Crippen LogP contribution in [0, 0.1) is 0 Å². The van der Waals surface area contributed by atoms with E-state index in [0.717, 1.165) is 11.1 Å². The predicted octanol–water partition coefficient (Wildman–Crippen LogP) is 5.81. The largest absolute Gasteiger partial charge is 0.489 e. The lowest BCUT2D eigenvalue weighted by molar-refractivity contribution is -0.150. The molecule has 0 bridgehead atoms. The number of rotatable bonds is 3. The van der Waals surface area contributed by atoms with Crippen molar-refractivity contribution in [2.45, 2.75) is 45.3 Å². The highest BCUT2D eigenvalue weighted by molar-refractivity contribution is 6.30. The lowest BCUT2D eigenvalue weighted by Gasteiger charge is -2.24. The van der Waals surface area contributed by atoms with Crippen LogP contribution in [-0.2, 0) is 14.3 Å². The van der Waals surface area contributed by atoms with E-state index >= 15 is 0 Å². The van der Waals surface area contributed by atoms with Crippen LogP contribution in [0.2, 0.25) is 5.02 Å². The van der Waals surface area contributed by atoms with Gasteiger partial charge >= 0.3 is 5.97 Å². The van der Waals surface area contributed by atoms with Crippen LogP contribution in [0.3, 0.4) is 0 Å². The molecule has 2 aromatic rings. The van der Waals surface area contributed by atoms with Crippen LogP contribution in [0.25, 0.3) is 0 Å². The SMILES string of the molecule is CC1=C(C(=O)OC(C)(C)C)[C@@H](c2ccc(Cl)cc2)[C@H](c2ccccc2)O1. The molecular weight excluding hydrogens is 348 g/mol. The Morgan fingerprint density at radius 2 is 1.62 bits per heavy atom. The van der Waals surface area contributed by atoms with Crippen molar-refractivity contribution < 1.29 is 14.3 Å².